The van der Waals surface area contributed by atoms with Crippen LogP contribution in [-0.2, 0) is 0 Å². The van der Waals surface area contributed by atoms with Gasteiger partial charge in [-0.1, -0.05) is 129 Å². The summed E-state index contributed by atoms with van der Waals surface area (Å²) in [5.74, 6) is 0.0803. The molecule has 2 aliphatic carbocycles. The predicted octanol–water partition coefficient (Wildman–Crippen LogP) is 5.19. The fourth-order valence-corrected chi connectivity index (χ4v) is 6.82. The van der Waals surface area contributed by atoms with Gasteiger partial charge < -0.3 is 0 Å². The van der Waals surface area contributed by atoms with E-state index in [1.54, 1.807) is 0 Å². The molecule has 194 valence electrons. The van der Waals surface area contributed by atoms with Gasteiger partial charge in [0.15, 0.2) is 0 Å². The number of allylic oxidation sites excluding steroid dienone is 4. The van der Waals surface area contributed by atoms with Crippen molar-refractivity contribution >= 4 is 45.7 Å². The summed E-state index contributed by atoms with van der Waals surface area (Å²) in [5, 5.41) is 9.48. The maximum absolute atomic E-state index is 4.74. The lowest BCUT2D eigenvalue weighted by Gasteiger charge is -2.34. The molecule has 4 aromatic carbocycles. The van der Waals surface area contributed by atoms with Gasteiger partial charge in [0, 0.05) is 11.8 Å². The van der Waals surface area contributed by atoms with Crippen LogP contribution < -0.4 is 31.3 Å². The van der Waals surface area contributed by atoms with E-state index < -0.39 is 0 Å². The fraction of sp³-hybridized carbons (Fsp3) is 0.100. The van der Waals surface area contributed by atoms with Crippen LogP contribution in [0, 0.1) is 11.8 Å². The van der Waals surface area contributed by atoms with Gasteiger partial charge in [-0.2, -0.15) is 0 Å². The molecule has 0 saturated carbocycles. The molecule has 0 N–H and O–H groups in total. The zero-order chi connectivity index (χ0) is 27.8. The number of fused-ring (bicyclic) bond motifs is 3. The lowest BCUT2D eigenvalue weighted by molar-refractivity contribution is 0.699. The van der Waals surface area contributed by atoms with Gasteiger partial charge in [-0.25, -0.2) is 0 Å². The molecule has 0 radical (unpaired) electrons. The van der Waals surface area contributed by atoms with Gasteiger partial charge in [0.25, 0.3) is 0 Å². The molecule has 0 heterocycles. The molecule has 4 aromatic rings. The third kappa shape index (κ3) is 4.00. The van der Waals surface area contributed by atoms with Crippen molar-refractivity contribution in [2.45, 2.75) is 12.8 Å². The van der Waals surface area contributed by atoms with Crippen LogP contribution in [0.5, 0.6) is 0 Å². The molecule has 0 aromatic heterocycles. The summed E-state index contributed by atoms with van der Waals surface area (Å²) < 4.78 is 0. The summed E-state index contributed by atoms with van der Waals surface area (Å²) in [6.07, 6.45) is 10.5. The Morgan fingerprint density at radius 1 is 0.725 bits per heavy atom. The quantitative estimate of drug-likeness (QED) is 0.311. The van der Waals surface area contributed by atoms with Gasteiger partial charge in [0.2, 0.25) is 0 Å². The molecular weight excluding hydrogens is 480 g/mol. The standard InChI is InChI=1S/C40H34/c1-6-30(38-26(4)24-25-29-17-10-12-20-34(29)38)27(5)39-31(7-2)32(8-3)40(37-22-14-13-21-36(37)39)35-23-15-18-28-16-9-11-19-33(28)35/h6-14,16-22,24-25,31-32H,1-5,15,23H2/b38-30-. The van der Waals surface area contributed by atoms with Gasteiger partial charge in [-0.15, -0.1) is 13.2 Å². The van der Waals surface area contributed by atoms with Crippen LogP contribution in [0.2, 0.25) is 0 Å². The molecule has 0 saturated heterocycles. The topological polar surface area (TPSA) is 0 Å². The highest BCUT2D eigenvalue weighted by molar-refractivity contribution is 5.99. The summed E-state index contributed by atoms with van der Waals surface area (Å²) in [7, 11) is 0. The Balaban J connectivity index is 1.78. The van der Waals surface area contributed by atoms with Crippen molar-refractivity contribution in [1.29, 1.82) is 0 Å². The first-order valence-electron chi connectivity index (χ1n) is 14.0. The Hall–Kier alpha value is -4.68. The van der Waals surface area contributed by atoms with Crippen molar-refractivity contribution in [3.05, 3.63) is 166 Å². The number of benzene rings is 4. The van der Waals surface area contributed by atoms with Crippen molar-refractivity contribution in [2.24, 2.45) is 11.8 Å². The average Bonchev–Trinajstić information content (AvgIpc) is 3.00. The first kappa shape index (κ1) is 25.6. The molecule has 2 unspecified atom stereocenters. The zero-order valence-electron chi connectivity index (χ0n) is 23.0. The highest BCUT2D eigenvalue weighted by atomic mass is 14.3. The second-order valence-corrected chi connectivity index (χ2v) is 10.6. The molecule has 0 amide bonds. The van der Waals surface area contributed by atoms with E-state index in [0.29, 0.717) is 0 Å². The minimum atomic E-state index is 0.0126. The lowest BCUT2D eigenvalue weighted by atomic mass is 9.69. The van der Waals surface area contributed by atoms with E-state index in [4.69, 9.17) is 6.58 Å². The molecule has 40 heavy (non-hydrogen) atoms. The summed E-state index contributed by atoms with van der Waals surface area (Å²) in [6, 6.07) is 30.2. The van der Waals surface area contributed by atoms with E-state index in [1.165, 1.54) is 43.0 Å². The van der Waals surface area contributed by atoms with Crippen molar-refractivity contribution < 1.29 is 0 Å². The Bertz CT molecular complexity index is 2100. The van der Waals surface area contributed by atoms with Crippen molar-refractivity contribution in [1.82, 2.24) is 0 Å². The molecule has 0 fully saturated rings. The molecule has 0 bridgehead atoms. The maximum atomic E-state index is 4.74. The van der Waals surface area contributed by atoms with Crippen LogP contribution >= 0.6 is 0 Å². The van der Waals surface area contributed by atoms with E-state index >= 15 is 0 Å². The summed E-state index contributed by atoms with van der Waals surface area (Å²) in [4.78, 5) is 0. The van der Waals surface area contributed by atoms with Crippen LogP contribution in [0.15, 0.2) is 135 Å². The monoisotopic (exact) mass is 514 g/mol. The van der Waals surface area contributed by atoms with Gasteiger partial charge >= 0.3 is 0 Å². The Morgan fingerprint density at radius 3 is 2.15 bits per heavy atom. The fourth-order valence-electron chi connectivity index (χ4n) is 6.82. The van der Waals surface area contributed by atoms with Crippen LogP contribution in [0.1, 0.15) is 12.8 Å². The molecule has 0 spiro atoms. The molecule has 0 heteroatoms. The highest BCUT2D eigenvalue weighted by Crippen LogP contribution is 2.41. The first-order valence-corrected chi connectivity index (χ1v) is 14.0. The van der Waals surface area contributed by atoms with Crippen LogP contribution in [0.3, 0.4) is 0 Å². The second-order valence-electron chi connectivity index (χ2n) is 10.6. The van der Waals surface area contributed by atoms with Gasteiger partial charge in [-0.3, -0.25) is 0 Å². The number of hydrogen-bond donors (Lipinski definition) is 0. The van der Waals surface area contributed by atoms with Crippen molar-refractivity contribution in [3.63, 3.8) is 0 Å². The Kier molecular flexibility index (Phi) is 6.70. The largest absolute Gasteiger partial charge is 0.102 e. The van der Waals surface area contributed by atoms with Gasteiger partial charge in [0.1, 0.15) is 0 Å². The first-order chi connectivity index (χ1) is 19.6. The van der Waals surface area contributed by atoms with Crippen LogP contribution in [0.4, 0.5) is 0 Å². The Labute approximate surface area is 236 Å². The molecular formula is C40H34. The van der Waals surface area contributed by atoms with E-state index in [9.17, 15) is 0 Å². The highest BCUT2D eigenvalue weighted by Gasteiger charge is 2.32. The molecule has 0 nitrogen and oxygen atoms in total. The maximum Gasteiger partial charge on any atom is 0.0131 e. The minimum Gasteiger partial charge on any atom is -0.102 e. The third-order valence-corrected chi connectivity index (χ3v) is 8.58. The molecule has 0 aliphatic heterocycles. The van der Waals surface area contributed by atoms with Gasteiger partial charge in [-0.05, 0) is 82.8 Å². The summed E-state index contributed by atoms with van der Waals surface area (Å²) >= 11 is 0. The van der Waals surface area contributed by atoms with E-state index in [-0.39, 0.29) is 11.8 Å². The third-order valence-electron chi connectivity index (χ3n) is 8.58. The molecule has 2 aliphatic rings. The predicted molar refractivity (Wildman–Crippen MR) is 174 cm³/mol. The Morgan fingerprint density at radius 2 is 1.40 bits per heavy atom. The van der Waals surface area contributed by atoms with Crippen molar-refractivity contribution in [2.75, 3.05) is 0 Å². The number of rotatable bonds is 6. The average molecular weight is 515 g/mol. The van der Waals surface area contributed by atoms with E-state index in [0.717, 1.165) is 39.8 Å². The second kappa shape index (κ2) is 10.5. The van der Waals surface area contributed by atoms with E-state index in [1.807, 2.05) is 6.08 Å². The van der Waals surface area contributed by atoms with Gasteiger partial charge in [0.05, 0.1) is 0 Å². The number of hydrogen-bond acceptors (Lipinski definition) is 0. The minimum absolute atomic E-state index is 0.0126. The van der Waals surface area contributed by atoms with Crippen LogP contribution in [-0.4, -0.2) is 0 Å². The molecule has 2 atom stereocenters. The van der Waals surface area contributed by atoms with E-state index in [2.05, 4.69) is 129 Å². The van der Waals surface area contributed by atoms with Crippen molar-refractivity contribution in [3.8, 4) is 0 Å². The SMILES string of the molecule is C=C/C(C(=C)C1=c2ccccc2=C(C2=c3ccccc3=CCC2)C(C=C)C1C=C)=c1\c(=C)ccc2ccccc12. The molecule has 6 rings (SSSR count). The normalized spacial score (nSPS) is 18.8. The smallest absolute Gasteiger partial charge is 0.0131 e. The summed E-state index contributed by atoms with van der Waals surface area (Å²) in [6.45, 7) is 22.1. The van der Waals surface area contributed by atoms with Crippen LogP contribution in [0.25, 0.3) is 45.7 Å². The lowest BCUT2D eigenvalue weighted by Crippen LogP contribution is -2.42. The zero-order valence-corrected chi connectivity index (χ0v) is 23.0. The summed E-state index contributed by atoms with van der Waals surface area (Å²) in [5.41, 5.74) is 5.92.